The lowest BCUT2D eigenvalue weighted by atomic mass is 10.2. The summed E-state index contributed by atoms with van der Waals surface area (Å²) >= 11 is 7.29. The molecule has 90 valence electrons. The smallest absolute Gasteiger partial charge is 0.159 e. The van der Waals surface area contributed by atoms with Gasteiger partial charge in [0.1, 0.15) is 11.5 Å². The number of hydrogen-bond acceptors (Lipinski definition) is 3. The minimum absolute atomic E-state index is 0.360. The van der Waals surface area contributed by atoms with Gasteiger partial charge in [0.05, 0.1) is 10.2 Å². The predicted octanol–water partition coefficient (Wildman–Crippen LogP) is 4.29. The Balaban J connectivity index is 2.19. The lowest BCUT2D eigenvalue weighted by Crippen LogP contribution is -1.83. The molecule has 0 N–H and O–H groups in total. The normalized spacial score (nSPS) is 11.1. The molecule has 0 aliphatic carbocycles. The fraction of sp³-hybridized carbons (Fsp3) is 0. The highest BCUT2D eigenvalue weighted by atomic mass is 35.5. The third kappa shape index (κ3) is 1.85. The zero-order valence-electron chi connectivity index (χ0n) is 8.82. The Labute approximate surface area is 110 Å². The Morgan fingerprint density at radius 1 is 1.06 bits per heavy atom. The molecule has 2 aromatic heterocycles. The molecule has 3 aromatic rings. The second-order valence-electron chi connectivity index (χ2n) is 3.62. The van der Waals surface area contributed by atoms with Crippen LogP contribution in [0.4, 0.5) is 8.78 Å². The molecule has 0 atom stereocenters. The van der Waals surface area contributed by atoms with Crippen molar-refractivity contribution in [2.75, 3.05) is 0 Å². The van der Waals surface area contributed by atoms with Crippen LogP contribution in [-0.2, 0) is 0 Å². The first-order valence-corrected chi connectivity index (χ1v) is 6.20. The number of rotatable bonds is 1. The first-order chi connectivity index (χ1) is 8.65. The van der Waals surface area contributed by atoms with Crippen molar-refractivity contribution >= 4 is 33.2 Å². The average Bonchev–Trinajstić information content (AvgIpc) is 2.78. The Kier molecular flexibility index (Phi) is 2.72. The molecule has 0 radical (unpaired) electrons. The molecule has 3 rings (SSSR count). The number of benzene rings is 1. The second kappa shape index (κ2) is 4.26. The van der Waals surface area contributed by atoms with E-state index in [4.69, 9.17) is 11.6 Å². The van der Waals surface area contributed by atoms with Crippen LogP contribution in [0.1, 0.15) is 0 Å². The molecule has 0 amide bonds. The largest absolute Gasteiger partial charge is 0.235 e. The van der Waals surface area contributed by atoms with E-state index in [1.165, 1.54) is 23.7 Å². The average molecular weight is 283 g/mol. The van der Waals surface area contributed by atoms with Crippen LogP contribution in [0.15, 0.2) is 30.6 Å². The van der Waals surface area contributed by atoms with Gasteiger partial charge in [-0.15, -0.1) is 11.3 Å². The molecule has 1 aromatic carbocycles. The molecule has 0 unspecified atom stereocenters. The summed E-state index contributed by atoms with van der Waals surface area (Å²) in [5.74, 6) is -1.74. The molecule has 2 heterocycles. The van der Waals surface area contributed by atoms with Crippen molar-refractivity contribution in [2.45, 2.75) is 0 Å². The predicted molar refractivity (Wildman–Crippen MR) is 67.8 cm³/mol. The molecule has 0 fully saturated rings. The van der Waals surface area contributed by atoms with E-state index in [2.05, 4.69) is 9.97 Å². The summed E-state index contributed by atoms with van der Waals surface area (Å²) in [6, 6.07) is 5.55. The summed E-state index contributed by atoms with van der Waals surface area (Å²) in [5, 5.41) is 0.360. The van der Waals surface area contributed by atoms with Crippen LogP contribution in [0.2, 0.25) is 5.15 Å². The highest BCUT2D eigenvalue weighted by Crippen LogP contribution is 2.35. The van der Waals surface area contributed by atoms with E-state index in [0.717, 1.165) is 21.7 Å². The number of nitrogens with zero attached hydrogens (tertiary/aromatic N) is 2. The highest BCUT2D eigenvalue weighted by Gasteiger charge is 2.10. The van der Waals surface area contributed by atoms with Crippen molar-refractivity contribution in [1.82, 2.24) is 9.97 Å². The van der Waals surface area contributed by atoms with Gasteiger partial charge in [0, 0.05) is 4.88 Å². The van der Waals surface area contributed by atoms with Crippen molar-refractivity contribution in [2.24, 2.45) is 0 Å². The van der Waals surface area contributed by atoms with Gasteiger partial charge in [-0.05, 0) is 23.8 Å². The molecular formula is C12H5ClF2N2S. The summed E-state index contributed by atoms with van der Waals surface area (Å²) in [6.07, 6.45) is 1.37. The standard InChI is InChI=1S/C12H5ClF2N2S/c13-12-11-9(16-5-17-12)4-10(18-11)6-1-2-7(14)8(15)3-6/h1-5H. The van der Waals surface area contributed by atoms with Gasteiger partial charge in [-0.25, -0.2) is 18.7 Å². The Morgan fingerprint density at radius 2 is 1.89 bits per heavy atom. The Bertz CT molecular complexity index is 742. The van der Waals surface area contributed by atoms with Crippen molar-refractivity contribution in [3.8, 4) is 10.4 Å². The number of fused-ring (bicyclic) bond motifs is 1. The zero-order valence-corrected chi connectivity index (χ0v) is 10.4. The lowest BCUT2D eigenvalue weighted by Gasteiger charge is -1.97. The van der Waals surface area contributed by atoms with Crippen LogP contribution >= 0.6 is 22.9 Å². The highest BCUT2D eigenvalue weighted by molar-refractivity contribution is 7.22. The fourth-order valence-corrected chi connectivity index (χ4v) is 2.86. The Hall–Kier alpha value is -1.59. The number of halogens is 3. The molecule has 0 spiro atoms. The van der Waals surface area contributed by atoms with Gasteiger partial charge in [-0.2, -0.15) is 0 Å². The molecule has 18 heavy (non-hydrogen) atoms. The fourth-order valence-electron chi connectivity index (χ4n) is 1.62. The van der Waals surface area contributed by atoms with Gasteiger partial charge in [0.15, 0.2) is 11.6 Å². The van der Waals surface area contributed by atoms with Crippen LogP contribution in [0.3, 0.4) is 0 Å². The van der Waals surface area contributed by atoms with E-state index in [1.807, 2.05) is 0 Å². The minimum Gasteiger partial charge on any atom is -0.235 e. The van der Waals surface area contributed by atoms with Crippen molar-refractivity contribution in [3.05, 3.63) is 47.4 Å². The molecule has 0 bridgehead atoms. The second-order valence-corrected chi connectivity index (χ2v) is 5.03. The molecular weight excluding hydrogens is 278 g/mol. The quantitative estimate of drug-likeness (QED) is 0.622. The minimum atomic E-state index is -0.873. The first-order valence-electron chi connectivity index (χ1n) is 5.00. The van der Waals surface area contributed by atoms with E-state index in [0.29, 0.717) is 16.2 Å². The van der Waals surface area contributed by atoms with E-state index in [-0.39, 0.29) is 0 Å². The number of thiophene rings is 1. The van der Waals surface area contributed by atoms with Gasteiger partial charge >= 0.3 is 0 Å². The maximum absolute atomic E-state index is 13.2. The zero-order chi connectivity index (χ0) is 12.7. The van der Waals surface area contributed by atoms with E-state index in [9.17, 15) is 8.78 Å². The molecule has 2 nitrogen and oxygen atoms in total. The van der Waals surface area contributed by atoms with Crippen LogP contribution in [0.5, 0.6) is 0 Å². The van der Waals surface area contributed by atoms with Gasteiger partial charge in [-0.3, -0.25) is 0 Å². The molecule has 0 saturated carbocycles. The number of aromatic nitrogens is 2. The van der Waals surface area contributed by atoms with E-state index < -0.39 is 11.6 Å². The van der Waals surface area contributed by atoms with Crippen LogP contribution < -0.4 is 0 Å². The summed E-state index contributed by atoms with van der Waals surface area (Å²) < 4.78 is 26.8. The SMILES string of the molecule is Fc1ccc(-c2cc3ncnc(Cl)c3s2)cc1F. The third-order valence-corrected chi connectivity index (χ3v) is 4.05. The summed E-state index contributed by atoms with van der Waals surface area (Å²) in [4.78, 5) is 8.72. The van der Waals surface area contributed by atoms with Gasteiger partial charge in [0.2, 0.25) is 0 Å². The first kappa shape index (κ1) is 11.5. The lowest BCUT2D eigenvalue weighted by molar-refractivity contribution is 0.509. The van der Waals surface area contributed by atoms with Crippen LogP contribution in [0, 0.1) is 11.6 Å². The molecule has 0 aliphatic rings. The third-order valence-electron chi connectivity index (χ3n) is 2.47. The molecule has 0 saturated heterocycles. The van der Waals surface area contributed by atoms with E-state index >= 15 is 0 Å². The van der Waals surface area contributed by atoms with Crippen LogP contribution in [-0.4, -0.2) is 9.97 Å². The Morgan fingerprint density at radius 3 is 2.61 bits per heavy atom. The summed E-state index contributed by atoms with van der Waals surface area (Å²) in [7, 11) is 0. The van der Waals surface area contributed by atoms with Crippen molar-refractivity contribution < 1.29 is 8.78 Å². The molecule has 0 aliphatic heterocycles. The van der Waals surface area contributed by atoms with Gasteiger partial charge in [0.25, 0.3) is 0 Å². The summed E-state index contributed by atoms with van der Waals surface area (Å²) in [5.41, 5.74) is 1.28. The van der Waals surface area contributed by atoms with Crippen molar-refractivity contribution in [1.29, 1.82) is 0 Å². The van der Waals surface area contributed by atoms with Crippen molar-refractivity contribution in [3.63, 3.8) is 0 Å². The topological polar surface area (TPSA) is 25.8 Å². The van der Waals surface area contributed by atoms with E-state index in [1.54, 1.807) is 6.07 Å². The van der Waals surface area contributed by atoms with Gasteiger partial charge in [-0.1, -0.05) is 17.7 Å². The number of hydrogen-bond donors (Lipinski definition) is 0. The van der Waals surface area contributed by atoms with Crippen LogP contribution in [0.25, 0.3) is 20.7 Å². The molecule has 6 heteroatoms. The van der Waals surface area contributed by atoms with Gasteiger partial charge < -0.3 is 0 Å². The maximum Gasteiger partial charge on any atom is 0.159 e. The monoisotopic (exact) mass is 282 g/mol. The summed E-state index contributed by atoms with van der Waals surface area (Å²) in [6.45, 7) is 0. The maximum atomic E-state index is 13.2.